The summed E-state index contributed by atoms with van der Waals surface area (Å²) in [4.78, 5) is 15.8. The van der Waals surface area contributed by atoms with Crippen LogP contribution in [0.4, 0.5) is 4.79 Å². The van der Waals surface area contributed by atoms with E-state index >= 15 is 0 Å². The van der Waals surface area contributed by atoms with E-state index in [1.165, 1.54) is 0 Å². The van der Waals surface area contributed by atoms with Gasteiger partial charge >= 0.3 is 6.09 Å². The molecular formula is C14H25N3O2. The van der Waals surface area contributed by atoms with Crippen LogP contribution in [0.2, 0.25) is 0 Å². The minimum atomic E-state index is -0.453. The molecule has 1 fully saturated rings. The fraction of sp³-hybridized carbons (Fsp3) is 0.857. The van der Waals surface area contributed by atoms with Gasteiger partial charge in [-0.2, -0.15) is 5.26 Å². The molecule has 0 N–H and O–H groups in total. The third-order valence-electron chi connectivity index (χ3n) is 3.12. The summed E-state index contributed by atoms with van der Waals surface area (Å²) < 4.78 is 5.35. The van der Waals surface area contributed by atoms with E-state index in [1.807, 2.05) is 20.8 Å². The monoisotopic (exact) mass is 267 g/mol. The van der Waals surface area contributed by atoms with Crippen molar-refractivity contribution in [2.45, 2.75) is 52.2 Å². The number of carbonyl (C=O) groups excluding carboxylic acids is 1. The van der Waals surface area contributed by atoms with Crippen LogP contribution in [0, 0.1) is 11.3 Å². The van der Waals surface area contributed by atoms with Gasteiger partial charge in [-0.3, -0.25) is 4.90 Å². The Morgan fingerprint density at radius 2 is 1.89 bits per heavy atom. The molecule has 1 aliphatic heterocycles. The highest BCUT2D eigenvalue weighted by Gasteiger charge is 2.28. The third-order valence-corrected chi connectivity index (χ3v) is 3.12. The number of hydrogen-bond acceptors (Lipinski definition) is 4. The van der Waals surface area contributed by atoms with Gasteiger partial charge in [0.25, 0.3) is 0 Å². The van der Waals surface area contributed by atoms with Crippen molar-refractivity contribution in [3.8, 4) is 6.07 Å². The lowest BCUT2D eigenvalue weighted by atomic mass is 10.1. The van der Waals surface area contributed by atoms with Gasteiger partial charge in [0.1, 0.15) is 5.60 Å². The highest BCUT2D eigenvalue weighted by Crippen LogP contribution is 2.14. The average Bonchev–Trinajstić information content (AvgIpc) is 2.34. The van der Waals surface area contributed by atoms with Crippen molar-refractivity contribution in [2.24, 2.45) is 0 Å². The van der Waals surface area contributed by atoms with Crippen LogP contribution >= 0.6 is 0 Å². The Labute approximate surface area is 116 Å². The lowest BCUT2D eigenvalue weighted by Crippen LogP contribution is -2.52. The second-order valence-corrected chi connectivity index (χ2v) is 5.94. The molecule has 0 aromatic carbocycles. The Balaban J connectivity index is 2.44. The summed E-state index contributed by atoms with van der Waals surface area (Å²) in [6.45, 7) is 10.5. The van der Waals surface area contributed by atoms with Gasteiger partial charge in [-0.1, -0.05) is 13.3 Å². The first kappa shape index (κ1) is 15.8. The molecule has 1 saturated heterocycles. The Morgan fingerprint density at radius 1 is 1.32 bits per heavy atom. The van der Waals surface area contributed by atoms with E-state index < -0.39 is 5.60 Å². The van der Waals surface area contributed by atoms with Crippen LogP contribution in [0.3, 0.4) is 0 Å². The van der Waals surface area contributed by atoms with Crippen molar-refractivity contribution < 1.29 is 9.53 Å². The minimum Gasteiger partial charge on any atom is -0.444 e. The molecule has 5 heteroatoms. The first-order valence-corrected chi connectivity index (χ1v) is 6.99. The number of ether oxygens (including phenoxy) is 1. The zero-order valence-electron chi connectivity index (χ0n) is 12.5. The zero-order valence-corrected chi connectivity index (χ0v) is 12.5. The maximum absolute atomic E-state index is 11.9. The number of carbonyl (C=O) groups is 1. The van der Waals surface area contributed by atoms with E-state index in [2.05, 4.69) is 17.9 Å². The van der Waals surface area contributed by atoms with Crippen molar-refractivity contribution >= 4 is 6.09 Å². The van der Waals surface area contributed by atoms with E-state index in [1.54, 1.807) is 4.90 Å². The number of piperazine rings is 1. The summed E-state index contributed by atoms with van der Waals surface area (Å²) in [7, 11) is 0. The number of nitriles is 1. The molecule has 0 spiro atoms. The summed E-state index contributed by atoms with van der Waals surface area (Å²) in [5.74, 6) is 0. The predicted octanol–water partition coefficient (Wildman–Crippen LogP) is 2.23. The van der Waals surface area contributed by atoms with E-state index in [9.17, 15) is 4.79 Å². The molecule has 0 aromatic heterocycles. The molecule has 5 nitrogen and oxygen atoms in total. The lowest BCUT2D eigenvalue weighted by Gasteiger charge is -2.37. The van der Waals surface area contributed by atoms with E-state index in [4.69, 9.17) is 10.00 Å². The van der Waals surface area contributed by atoms with E-state index in [0.29, 0.717) is 13.1 Å². The van der Waals surface area contributed by atoms with Crippen molar-refractivity contribution in [1.82, 2.24) is 9.80 Å². The van der Waals surface area contributed by atoms with Crippen LogP contribution < -0.4 is 0 Å². The van der Waals surface area contributed by atoms with Crippen molar-refractivity contribution in [3.05, 3.63) is 0 Å². The first-order chi connectivity index (χ1) is 8.87. The Hall–Kier alpha value is -1.28. The highest BCUT2D eigenvalue weighted by atomic mass is 16.6. The van der Waals surface area contributed by atoms with E-state index in [-0.39, 0.29) is 12.1 Å². The normalized spacial score (nSPS) is 18.8. The molecule has 1 rings (SSSR count). The molecule has 1 unspecified atom stereocenters. The van der Waals surface area contributed by atoms with Crippen molar-refractivity contribution in [3.63, 3.8) is 0 Å². The fourth-order valence-corrected chi connectivity index (χ4v) is 2.14. The van der Waals surface area contributed by atoms with Gasteiger partial charge in [0.15, 0.2) is 0 Å². The molecule has 0 saturated carbocycles. The van der Waals surface area contributed by atoms with Gasteiger partial charge in [0.05, 0.1) is 12.1 Å². The molecule has 0 aliphatic carbocycles. The topological polar surface area (TPSA) is 56.6 Å². The lowest BCUT2D eigenvalue weighted by molar-refractivity contribution is 0.0122. The van der Waals surface area contributed by atoms with Crippen LogP contribution in [0.15, 0.2) is 0 Å². The fourth-order valence-electron chi connectivity index (χ4n) is 2.14. The Morgan fingerprint density at radius 3 is 2.32 bits per heavy atom. The second-order valence-electron chi connectivity index (χ2n) is 5.94. The van der Waals surface area contributed by atoms with Crippen LogP contribution in [-0.2, 0) is 4.74 Å². The minimum absolute atomic E-state index is 0.0224. The number of hydrogen-bond donors (Lipinski definition) is 0. The largest absolute Gasteiger partial charge is 0.444 e. The molecule has 19 heavy (non-hydrogen) atoms. The summed E-state index contributed by atoms with van der Waals surface area (Å²) in [5.41, 5.74) is -0.453. The molecule has 1 aliphatic rings. The zero-order chi connectivity index (χ0) is 14.5. The van der Waals surface area contributed by atoms with Crippen LogP contribution in [0.1, 0.15) is 40.5 Å². The van der Waals surface area contributed by atoms with Gasteiger partial charge in [0, 0.05) is 26.2 Å². The maximum atomic E-state index is 11.9. The van der Waals surface area contributed by atoms with Gasteiger partial charge in [-0.25, -0.2) is 4.79 Å². The molecule has 108 valence electrons. The van der Waals surface area contributed by atoms with Crippen molar-refractivity contribution in [1.29, 1.82) is 5.26 Å². The van der Waals surface area contributed by atoms with Gasteiger partial charge in [-0.15, -0.1) is 0 Å². The molecule has 1 amide bonds. The number of nitrogens with zero attached hydrogens (tertiary/aromatic N) is 3. The van der Waals surface area contributed by atoms with E-state index in [0.717, 1.165) is 25.9 Å². The first-order valence-electron chi connectivity index (χ1n) is 6.99. The molecule has 1 heterocycles. The Bertz CT molecular complexity index is 336. The smallest absolute Gasteiger partial charge is 0.410 e. The van der Waals surface area contributed by atoms with Crippen molar-refractivity contribution in [2.75, 3.05) is 26.2 Å². The van der Waals surface area contributed by atoms with Gasteiger partial charge < -0.3 is 9.64 Å². The average molecular weight is 267 g/mol. The van der Waals surface area contributed by atoms with Crippen LogP contribution in [-0.4, -0.2) is 53.7 Å². The summed E-state index contributed by atoms with van der Waals surface area (Å²) in [6, 6.07) is 2.32. The molecule has 1 atom stereocenters. The molecule has 0 radical (unpaired) electrons. The standard InChI is InChI=1S/C14H25N3O2/c1-5-6-12(11-15)16-7-9-17(10-8-16)13(18)19-14(2,3)4/h12H,5-10H2,1-4H3. The molecule has 0 bridgehead atoms. The summed E-state index contributed by atoms with van der Waals surface area (Å²) >= 11 is 0. The maximum Gasteiger partial charge on any atom is 0.410 e. The third kappa shape index (κ3) is 5.07. The second kappa shape index (κ2) is 6.76. The molecule has 0 aromatic rings. The SMILES string of the molecule is CCCC(C#N)N1CCN(C(=O)OC(C)(C)C)CC1. The summed E-state index contributed by atoms with van der Waals surface area (Å²) in [6.07, 6.45) is 1.64. The predicted molar refractivity (Wildman–Crippen MR) is 73.7 cm³/mol. The Kier molecular flexibility index (Phi) is 5.61. The summed E-state index contributed by atoms with van der Waals surface area (Å²) in [5, 5.41) is 9.14. The number of rotatable bonds is 3. The highest BCUT2D eigenvalue weighted by molar-refractivity contribution is 5.68. The van der Waals surface area contributed by atoms with Gasteiger partial charge in [0.2, 0.25) is 0 Å². The quantitative estimate of drug-likeness (QED) is 0.787. The van der Waals surface area contributed by atoms with Crippen LogP contribution in [0.25, 0.3) is 0 Å². The van der Waals surface area contributed by atoms with Gasteiger partial charge in [-0.05, 0) is 27.2 Å². The van der Waals surface area contributed by atoms with Crippen LogP contribution in [0.5, 0.6) is 0 Å². The molecular weight excluding hydrogens is 242 g/mol. The number of amides is 1.